The van der Waals surface area contributed by atoms with Crippen LogP contribution in [0.4, 0.5) is 0 Å². The van der Waals surface area contributed by atoms with Crippen molar-refractivity contribution in [2.75, 3.05) is 0 Å². The van der Waals surface area contributed by atoms with E-state index in [1.807, 2.05) is 42.5 Å². The highest BCUT2D eigenvalue weighted by Gasteiger charge is 2.26. The molecule has 0 N–H and O–H groups in total. The molecule has 0 radical (unpaired) electrons. The topological polar surface area (TPSA) is 38.7 Å². The number of carbonyl (C=O) groups is 1. The van der Waals surface area contributed by atoms with Crippen LogP contribution in [0.3, 0.4) is 0 Å². The molecule has 20 heavy (non-hydrogen) atoms. The average molecular weight is 284 g/mol. The molecule has 0 bridgehead atoms. The van der Waals surface area contributed by atoms with E-state index in [4.69, 9.17) is 16.4 Å². The van der Waals surface area contributed by atoms with Gasteiger partial charge in [0.05, 0.1) is 5.57 Å². The van der Waals surface area contributed by atoms with Crippen LogP contribution in [0.1, 0.15) is 11.1 Å². The summed E-state index contributed by atoms with van der Waals surface area (Å²) in [4.78, 5) is 16.6. The van der Waals surface area contributed by atoms with Crippen LogP contribution in [0.5, 0.6) is 0 Å². The highest BCUT2D eigenvalue weighted by Crippen LogP contribution is 2.21. The Morgan fingerprint density at radius 2 is 1.70 bits per heavy atom. The lowest BCUT2D eigenvalue weighted by Gasteiger charge is -2.00. The molecule has 1 heterocycles. The summed E-state index contributed by atoms with van der Waals surface area (Å²) in [6, 6.07) is 16.7. The van der Waals surface area contributed by atoms with Crippen molar-refractivity contribution < 1.29 is 9.63 Å². The lowest BCUT2D eigenvalue weighted by Crippen LogP contribution is -2.06. The van der Waals surface area contributed by atoms with Gasteiger partial charge < -0.3 is 4.84 Å². The summed E-state index contributed by atoms with van der Waals surface area (Å²) in [6.07, 6.45) is 1.75. The molecule has 0 saturated heterocycles. The lowest BCUT2D eigenvalue weighted by molar-refractivity contribution is -0.136. The predicted molar refractivity (Wildman–Crippen MR) is 78.5 cm³/mol. The van der Waals surface area contributed by atoms with Crippen LogP contribution < -0.4 is 0 Å². The highest BCUT2D eigenvalue weighted by atomic mass is 35.5. The minimum atomic E-state index is -0.446. The molecule has 1 aliphatic rings. The third-order valence-corrected chi connectivity index (χ3v) is 3.18. The standard InChI is InChI=1S/C16H10ClNO2/c17-13-8-6-11(7-9-13)10-14-15(18-20-16(14)19)12-4-2-1-3-5-12/h1-10H. The quantitative estimate of drug-likeness (QED) is 0.623. The van der Waals surface area contributed by atoms with Crippen LogP contribution in [-0.4, -0.2) is 11.7 Å². The molecule has 3 nitrogen and oxygen atoms in total. The van der Waals surface area contributed by atoms with E-state index in [9.17, 15) is 4.79 Å². The molecule has 2 aromatic carbocycles. The number of hydrogen-bond donors (Lipinski definition) is 0. The SMILES string of the molecule is O=C1ON=C(c2ccccc2)C1=Cc1ccc(Cl)cc1. The molecule has 0 aromatic heterocycles. The fourth-order valence-electron chi connectivity index (χ4n) is 1.94. The van der Waals surface area contributed by atoms with Crippen LogP contribution in [0.2, 0.25) is 5.02 Å². The van der Waals surface area contributed by atoms with Crippen LogP contribution in [0.25, 0.3) is 6.08 Å². The molecule has 0 saturated carbocycles. The number of nitrogens with zero attached hydrogens (tertiary/aromatic N) is 1. The summed E-state index contributed by atoms with van der Waals surface area (Å²) < 4.78 is 0. The Morgan fingerprint density at radius 1 is 1.00 bits per heavy atom. The monoisotopic (exact) mass is 283 g/mol. The number of hydrogen-bond acceptors (Lipinski definition) is 3. The third kappa shape index (κ3) is 2.49. The molecule has 0 amide bonds. The van der Waals surface area contributed by atoms with Crippen molar-refractivity contribution >= 4 is 29.4 Å². The van der Waals surface area contributed by atoms with E-state index < -0.39 is 5.97 Å². The Labute approximate surface area is 121 Å². The second-order valence-electron chi connectivity index (χ2n) is 4.29. The van der Waals surface area contributed by atoms with E-state index in [1.54, 1.807) is 18.2 Å². The molecule has 0 atom stereocenters. The Bertz CT molecular complexity index is 703. The Hall–Kier alpha value is -2.39. The predicted octanol–water partition coefficient (Wildman–Crippen LogP) is 3.68. The van der Waals surface area contributed by atoms with Crippen molar-refractivity contribution in [1.82, 2.24) is 0 Å². The Balaban J connectivity index is 2.00. The minimum absolute atomic E-state index is 0.443. The zero-order chi connectivity index (χ0) is 13.9. The Morgan fingerprint density at radius 3 is 2.40 bits per heavy atom. The van der Waals surface area contributed by atoms with Gasteiger partial charge in [0.25, 0.3) is 0 Å². The van der Waals surface area contributed by atoms with Gasteiger partial charge in [0.1, 0.15) is 5.71 Å². The summed E-state index contributed by atoms with van der Waals surface area (Å²) in [6.45, 7) is 0. The van der Waals surface area contributed by atoms with Crippen molar-refractivity contribution in [2.24, 2.45) is 5.16 Å². The summed E-state index contributed by atoms with van der Waals surface area (Å²) in [5.74, 6) is -0.446. The van der Waals surface area contributed by atoms with Gasteiger partial charge in [-0.25, -0.2) is 4.79 Å². The number of benzene rings is 2. The third-order valence-electron chi connectivity index (χ3n) is 2.92. The van der Waals surface area contributed by atoms with Crippen molar-refractivity contribution in [3.8, 4) is 0 Å². The molecule has 0 fully saturated rings. The van der Waals surface area contributed by atoms with Gasteiger partial charge in [-0.15, -0.1) is 0 Å². The van der Waals surface area contributed by atoms with Gasteiger partial charge in [0.2, 0.25) is 0 Å². The van der Waals surface area contributed by atoms with E-state index in [0.29, 0.717) is 16.3 Å². The summed E-state index contributed by atoms with van der Waals surface area (Å²) >= 11 is 5.85. The number of oxime groups is 1. The molecule has 0 unspecified atom stereocenters. The normalized spacial score (nSPS) is 16.1. The van der Waals surface area contributed by atoms with Crippen molar-refractivity contribution in [1.29, 1.82) is 0 Å². The second kappa shape index (κ2) is 5.31. The fraction of sp³-hybridized carbons (Fsp3) is 0. The lowest BCUT2D eigenvalue weighted by atomic mass is 10.0. The van der Waals surface area contributed by atoms with Gasteiger partial charge in [-0.05, 0) is 23.8 Å². The van der Waals surface area contributed by atoms with Crippen molar-refractivity contribution in [3.05, 3.63) is 76.3 Å². The largest absolute Gasteiger partial charge is 0.368 e. The zero-order valence-corrected chi connectivity index (χ0v) is 11.2. The van der Waals surface area contributed by atoms with E-state index in [1.165, 1.54) is 0 Å². The highest BCUT2D eigenvalue weighted by molar-refractivity contribution is 6.31. The second-order valence-corrected chi connectivity index (χ2v) is 4.73. The molecule has 0 aliphatic carbocycles. The van der Waals surface area contributed by atoms with Crippen LogP contribution >= 0.6 is 11.6 Å². The van der Waals surface area contributed by atoms with Crippen molar-refractivity contribution in [2.45, 2.75) is 0 Å². The van der Waals surface area contributed by atoms with Crippen LogP contribution in [0.15, 0.2) is 65.3 Å². The van der Waals surface area contributed by atoms with E-state index in [0.717, 1.165) is 11.1 Å². The number of rotatable bonds is 2. The fourth-order valence-corrected chi connectivity index (χ4v) is 2.07. The smallest absolute Gasteiger partial charge is 0.312 e. The number of halogens is 1. The van der Waals surface area contributed by atoms with Gasteiger partial charge in [-0.1, -0.05) is 59.2 Å². The van der Waals surface area contributed by atoms with Crippen LogP contribution in [0, 0.1) is 0 Å². The van der Waals surface area contributed by atoms with Gasteiger partial charge >= 0.3 is 5.97 Å². The molecule has 4 heteroatoms. The molecule has 2 aromatic rings. The molecular weight excluding hydrogens is 274 g/mol. The first kappa shape index (κ1) is 12.6. The molecule has 98 valence electrons. The number of carbonyl (C=O) groups excluding carboxylic acids is 1. The molecular formula is C16H10ClNO2. The first-order valence-corrected chi connectivity index (χ1v) is 6.44. The van der Waals surface area contributed by atoms with E-state index >= 15 is 0 Å². The first-order chi connectivity index (χ1) is 9.74. The maximum absolute atomic E-state index is 11.8. The van der Waals surface area contributed by atoms with E-state index in [2.05, 4.69) is 5.16 Å². The van der Waals surface area contributed by atoms with Crippen molar-refractivity contribution in [3.63, 3.8) is 0 Å². The molecule has 1 aliphatic heterocycles. The van der Waals surface area contributed by atoms with Gasteiger partial charge in [0.15, 0.2) is 0 Å². The zero-order valence-electron chi connectivity index (χ0n) is 10.4. The molecule has 3 rings (SSSR count). The van der Waals surface area contributed by atoms with E-state index in [-0.39, 0.29) is 0 Å². The summed E-state index contributed by atoms with van der Waals surface area (Å²) in [7, 11) is 0. The van der Waals surface area contributed by atoms with Gasteiger partial charge in [-0.3, -0.25) is 0 Å². The molecule has 0 spiro atoms. The Kier molecular flexibility index (Phi) is 3.35. The maximum atomic E-state index is 11.8. The summed E-state index contributed by atoms with van der Waals surface area (Å²) in [5.41, 5.74) is 2.70. The minimum Gasteiger partial charge on any atom is -0.312 e. The van der Waals surface area contributed by atoms with Gasteiger partial charge in [0, 0.05) is 10.6 Å². The summed E-state index contributed by atoms with van der Waals surface area (Å²) in [5, 5.41) is 4.51. The first-order valence-electron chi connectivity index (χ1n) is 6.06. The van der Waals surface area contributed by atoms with Gasteiger partial charge in [-0.2, -0.15) is 0 Å². The maximum Gasteiger partial charge on any atom is 0.368 e. The average Bonchev–Trinajstić information content (AvgIpc) is 2.84. The van der Waals surface area contributed by atoms with Crippen LogP contribution in [-0.2, 0) is 9.63 Å².